The van der Waals surface area contributed by atoms with Crippen LogP contribution in [0.2, 0.25) is 0 Å². The monoisotopic (exact) mass is 390 g/mol. The van der Waals surface area contributed by atoms with Gasteiger partial charge in [-0.15, -0.1) is 11.3 Å². The van der Waals surface area contributed by atoms with Crippen molar-refractivity contribution in [2.24, 2.45) is 5.92 Å². The summed E-state index contributed by atoms with van der Waals surface area (Å²) in [5, 5.41) is 2.95. The van der Waals surface area contributed by atoms with E-state index in [1.165, 1.54) is 6.92 Å². The summed E-state index contributed by atoms with van der Waals surface area (Å²) in [4.78, 5) is 40.5. The van der Waals surface area contributed by atoms with E-state index in [0.717, 1.165) is 41.6 Å². The lowest BCUT2D eigenvalue weighted by Gasteiger charge is -2.29. The van der Waals surface area contributed by atoms with E-state index >= 15 is 0 Å². The van der Waals surface area contributed by atoms with Crippen LogP contribution in [0, 0.1) is 5.92 Å². The molecule has 1 fully saturated rings. The lowest BCUT2D eigenvalue weighted by molar-refractivity contribution is -0.160. The number of nitrogens with zero attached hydrogens (tertiary/aromatic N) is 1. The third kappa shape index (κ3) is 4.44. The molecule has 0 radical (unpaired) electrons. The molecule has 7 nitrogen and oxygen atoms in total. The Morgan fingerprint density at radius 1 is 1.22 bits per heavy atom. The van der Waals surface area contributed by atoms with Gasteiger partial charge in [0, 0.05) is 5.92 Å². The molecule has 3 atom stereocenters. The maximum atomic E-state index is 12.7. The van der Waals surface area contributed by atoms with Crippen LogP contribution in [0.3, 0.4) is 0 Å². The van der Waals surface area contributed by atoms with E-state index in [1.807, 2.05) is 29.6 Å². The first-order chi connectivity index (χ1) is 13.0. The lowest BCUT2D eigenvalue weighted by Crippen LogP contribution is -2.41. The van der Waals surface area contributed by atoms with Gasteiger partial charge in [0.1, 0.15) is 0 Å². The molecular formula is C19H22N2O5S. The summed E-state index contributed by atoms with van der Waals surface area (Å²) in [5.41, 5.74) is 0.931. The highest BCUT2D eigenvalue weighted by molar-refractivity contribution is 7.18. The molecule has 1 aliphatic rings. The average Bonchev–Trinajstić information content (AvgIpc) is 3.11. The zero-order valence-electron chi connectivity index (χ0n) is 15.3. The van der Waals surface area contributed by atoms with E-state index in [2.05, 4.69) is 4.74 Å². The minimum Gasteiger partial charge on any atom is -0.453 e. The quantitative estimate of drug-likeness (QED) is 0.804. The van der Waals surface area contributed by atoms with Crippen LogP contribution in [0.5, 0.6) is 0 Å². The number of imide groups is 1. The molecule has 27 heavy (non-hydrogen) atoms. The molecule has 1 saturated carbocycles. The molecule has 1 heterocycles. The molecule has 0 bridgehead atoms. The molecular weight excluding hydrogens is 368 g/mol. The number of nitrogens with one attached hydrogen (secondary N) is 1. The number of methoxy groups -OCH3 is 1. The molecule has 0 unspecified atom stereocenters. The first kappa shape index (κ1) is 19.3. The zero-order chi connectivity index (χ0) is 19.4. The van der Waals surface area contributed by atoms with Crippen molar-refractivity contribution < 1.29 is 23.9 Å². The number of hydrogen-bond acceptors (Lipinski definition) is 7. The second kappa shape index (κ2) is 8.47. The molecule has 8 heteroatoms. The zero-order valence-corrected chi connectivity index (χ0v) is 16.1. The number of carbonyl (C=O) groups is 3. The first-order valence-electron chi connectivity index (χ1n) is 8.94. The van der Waals surface area contributed by atoms with Crippen molar-refractivity contribution in [1.29, 1.82) is 0 Å². The van der Waals surface area contributed by atoms with Gasteiger partial charge in [-0.3, -0.25) is 14.9 Å². The van der Waals surface area contributed by atoms with Gasteiger partial charge in [-0.2, -0.15) is 0 Å². The molecule has 0 aliphatic heterocycles. The summed E-state index contributed by atoms with van der Waals surface area (Å²) in [5.74, 6) is -1.48. The third-order valence-electron chi connectivity index (χ3n) is 4.77. The van der Waals surface area contributed by atoms with Crippen LogP contribution in [-0.4, -0.2) is 36.2 Å². The van der Waals surface area contributed by atoms with Gasteiger partial charge in [-0.05, 0) is 31.9 Å². The van der Waals surface area contributed by atoms with Crippen LogP contribution in [0.25, 0.3) is 10.2 Å². The minimum absolute atomic E-state index is 0.0143. The van der Waals surface area contributed by atoms with Crippen molar-refractivity contribution in [1.82, 2.24) is 10.3 Å². The van der Waals surface area contributed by atoms with Crippen molar-refractivity contribution in [2.75, 3.05) is 7.11 Å². The van der Waals surface area contributed by atoms with Crippen LogP contribution < -0.4 is 5.32 Å². The number of para-hydroxylation sites is 1. The highest BCUT2D eigenvalue weighted by Gasteiger charge is 2.36. The van der Waals surface area contributed by atoms with Gasteiger partial charge in [0.05, 0.1) is 28.3 Å². The number of thiazole rings is 1. The average molecular weight is 390 g/mol. The molecule has 1 aromatic carbocycles. The molecule has 2 aromatic rings. The Balaban J connectivity index is 1.71. The van der Waals surface area contributed by atoms with Gasteiger partial charge in [0.25, 0.3) is 5.91 Å². The Hall–Kier alpha value is -2.48. The Labute approximate surface area is 161 Å². The van der Waals surface area contributed by atoms with Gasteiger partial charge < -0.3 is 9.47 Å². The number of aromatic nitrogens is 1. The fourth-order valence-electron chi connectivity index (χ4n) is 3.33. The number of esters is 1. The number of rotatable bonds is 4. The molecule has 144 valence electrons. The maximum absolute atomic E-state index is 12.7. The Morgan fingerprint density at radius 3 is 2.70 bits per heavy atom. The van der Waals surface area contributed by atoms with Crippen molar-refractivity contribution in [3.8, 4) is 0 Å². The SMILES string of the molecule is COC(=O)NC(=O)[C@H](C)OC(=O)[C@H]1CCCC[C@@H]1c1nc2ccccc2s1. The molecule has 3 rings (SSSR count). The van der Waals surface area contributed by atoms with E-state index in [9.17, 15) is 14.4 Å². The normalized spacial score (nSPS) is 20.7. The van der Waals surface area contributed by atoms with Crippen LogP contribution in [-0.2, 0) is 19.1 Å². The van der Waals surface area contributed by atoms with E-state index in [4.69, 9.17) is 9.72 Å². The van der Waals surface area contributed by atoms with Crippen molar-refractivity contribution in [3.63, 3.8) is 0 Å². The van der Waals surface area contributed by atoms with Gasteiger partial charge in [0.15, 0.2) is 6.10 Å². The molecule has 0 spiro atoms. The van der Waals surface area contributed by atoms with Gasteiger partial charge in [0.2, 0.25) is 0 Å². The minimum atomic E-state index is -1.07. The number of ether oxygens (including phenoxy) is 2. The fraction of sp³-hybridized carbons (Fsp3) is 0.474. The lowest BCUT2D eigenvalue weighted by atomic mass is 9.79. The molecule has 1 N–H and O–H groups in total. The molecule has 1 aliphatic carbocycles. The number of hydrogen-bond donors (Lipinski definition) is 1. The second-order valence-corrected chi connectivity index (χ2v) is 7.64. The van der Waals surface area contributed by atoms with Crippen LogP contribution in [0.4, 0.5) is 4.79 Å². The topological polar surface area (TPSA) is 94.6 Å². The first-order valence-corrected chi connectivity index (χ1v) is 9.76. The van der Waals surface area contributed by atoms with Crippen LogP contribution in [0.1, 0.15) is 43.5 Å². The molecule has 2 amide bonds. The van der Waals surface area contributed by atoms with E-state index in [1.54, 1.807) is 11.3 Å². The van der Waals surface area contributed by atoms with Crippen LogP contribution in [0.15, 0.2) is 24.3 Å². The van der Waals surface area contributed by atoms with Crippen molar-refractivity contribution >= 4 is 39.5 Å². The van der Waals surface area contributed by atoms with Crippen molar-refractivity contribution in [2.45, 2.75) is 44.6 Å². The van der Waals surface area contributed by atoms with Gasteiger partial charge in [-0.25, -0.2) is 9.78 Å². The van der Waals surface area contributed by atoms with Crippen molar-refractivity contribution in [3.05, 3.63) is 29.3 Å². The van der Waals surface area contributed by atoms with E-state index < -0.39 is 24.1 Å². The largest absolute Gasteiger partial charge is 0.453 e. The van der Waals surface area contributed by atoms with E-state index in [-0.39, 0.29) is 11.8 Å². The Kier molecular flexibility index (Phi) is 6.05. The molecule has 1 aromatic heterocycles. The summed E-state index contributed by atoms with van der Waals surface area (Å²) in [6.45, 7) is 1.44. The third-order valence-corrected chi connectivity index (χ3v) is 5.94. The summed E-state index contributed by atoms with van der Waals surface area (Å²) >= 11 is 1.60. The summed E-state index contributed by atoms with van der Waals surface area (Å²) in [6.07, 6.45) is 1.57. The highest BCUT2D eigenvalue weighted by atomic mass is 32.1. The van der Waals surface area contributed by atoms with E-state index in [0.29, 0.717) is 6.42 Å². The predicted molar refractivity (Wildman–Crippen MR) is 100 cm³/mol. The fourth-order valence-corrected chi connectivity index (χ4v) is 4.49. The standard InChI is InChI=1S/C19H22N2O5S/c1-11(16(22)21-19(24)25-2)26-18(23)13-8-4-3-7-12(13)17-20-14-9-5-6-10-15(14)27-17/h5-6,9-13H,3-4,7-8H2,1-2H3,(H,21,22,24)/t11-,12-,13-/m0/s1. The second-order valence-electron chi connectivity index (χ2n) is 6.58. The Morgan fingerprint density at radius 2 is 1.96 bits per heavy atom. The van der Waals surface area contributed by atoms with Gasteiger partial charge in [-0.1, -0.05) is 25.0 Å². The predicted octanol–water partition coefficient (Wildman–Crippen LogP) is 3.38. The van der Waals surface area contributed by atoms with Crippen LogP contribution >= 0.6 is 11.3 Å². The summed E-state index contributed by atoms with van der Waals surface area (Å²) in [6, 6.07) is 7.90. The number of benzene rings is 1. The summed E-state index contributed by atoms with van der Waals surface area (Å²) in [7, 11) is 1.16. The number of alkyl carbamates (subject to hydrolysis) is 1. The number of fused-ring (bicyclic) bond motifs is 1. The molecule has 0 saturated heterocycles. The number of amides is 2. The summed E-state index contributed by atoms with van der Waals surface area (Å²) < 4.78 is 10.8. The smallest absolute Gasteiger partial charge is 0.413 e. The maximum Gasteiger partial charge on any atom is 0.413 e. The van der Waals surface area contributed by atoms with Gasteiger partial charge >= 0.3 is 12.1 Å². The highest BCUT2D eigenvalue weighted by Crippen LogP contribution is 2.41. The number of carbonyl (C=O) groups excluding carboxylic acids is 3. The Bertz CT molecular complexity index is 816.